The van der Waals surface area contributed by atoms with Crippen LogP contribution in [-0.2, 0) is 11.3 Å². The molecule has 0 aliphatic carbocycles. The van der Waals surface area contributed by atoms with Gasteiger partial charge in [0.1, 0.15) is 0 Å². The van der Waals surface area contributed by atoms with Gasteiger partial charge in [-0.25, -0.2) is 4.79 Å². The summed E-state index contributed by atoms with van der Waals surface area (Å²) >= 11 is 0. The lowest BCUT2D eigenvalue weighted by Gasteiger charge is -2.06. The molecule has 1 rings (SSSR count). The molecule has 0 saturated heterocycles. The fraction of sp³-hybridized carbons (Fsp3) is 0.333. The summed E-state index contributed by atoms with van der Waals surface area (Å²) in [5, 5.41) is 11.6. The first-order valence-electron chi connectivity index (χ1n) is 5.13. The minimum absolute atomic E-state index is 0.0432. The summed E-state index contributed by atoms with van der Waals surface area (Å²) < 4.78 is 0. The van der Waals surface area contributed by atoms with Gasteiger partial charge in [0, 0.05) is 13.0 Å². The van der Waals surface area contributed by atoms with Gasteiger partial charge in [0.25, 0.3) is 0 Å². The highest BCUT2D eigenvalue weighted by Crippen LogP contribution is 2.09. The van der Waals surface area contributed by atoms with Crippen LogP contribution in [0.25, 0.3) is 0 Å². The number of rotatable bonds is 4. The quantitative estimate of drug-likeness (QED) is 0.813. The van der Waals surface area contributed by atoms with Gasteiger partial charge in [0.2, 0.25) is 5.91 Å². The van der Waals surface area contributed by atoms with Gasteiger partial charge in [-0.15, -0.1) is 0 Å². The van der Waals surface area contributed by atoms with Gasteiger partial charge < -0.3 is 10.4 Å². The Kier molecular flexibility index (Phi) is 4.05. The number of aromatic carboxylic acids is 1. The van der Waals surface area contributed by atoms with Crippen molar-refractivity contribution >= 4 is 11.9 Å². The SMILES string of the molecule is CCC(=O)NCc1cc(C)cc(C(=O)O)c1. The smallest absolute Gasteiger partial charge is 0.335 e. The molecule has 0 atom stereocenters. The molecule has 0 aliphatic rings. The van der Waals surface area contributed by atoms with Crippen LogP contribution in [0.1, 0.15) is 34.8 Å². The first kappa shape index (κ1) is 12.2. The highest BCUT2D eigenvalue weighted by molar-refractivity contribution is 5.88. The normalized spacial score (nSPS) is 9.88. The van der Waals surface area contributed by atoms with Crippen LogP contribution in [0.4, 0.5) is 0 Å². The Morgan fingerprint density at radius 2 is 2.00 bits per heavy atom. The minimum atomic E-state index is -0.952. The number of hydrogen-bond acceptors (Lipinski definition) is 2. The molecule has 0 saturated carbocycles. The fourth-order valence-corrected chi connectivity index (χ4v) is 1.41. The summed E-state index contributed by atoms with van der Waals surface area (Å²) in [6, 6.07) is 5.04. The number of benzene rings is 1. The molecule has 1 aromatic carbocycles. The van der Waals surface area contributed by atoms with Gasteiger partial charge in [0.15, 0.2) is 0 Å². The lowest BCUT2D eigenvalue weighted by atomic mass is 10.1. The van der Waals surface area contributed by atoms with Crippen molar-refractivity contribution in [2.24, 2.45) is 0 Å². The monoisotopic (exact) mass is 221 g/mol. The van der Waals surface area contributed by atoms with Gasteiger partial charge in [-0.05, 0) is 30.2 Å². The molecule has 16 heavy (non-hydrogen) atoms. The number of carboxylic acids is 1. The van der Waals surface area contributed by atoms with E-state index in [9.17, 15) is 9.59 Å². The fourth-order valence-electron chi connectivity index (χ4n) is 1.41. The zero-order valence-corrected chi connectivity index (χ0v) is 9.41. The number of carboxylic acid groups (broad SMARTS) is 1. The first-order chi connectivity index (χ1) is 7.52. The summed E-state index contributed by atoms with van der Waals surface area (Å²) in [7, 11) is 0. The van der Waals surface area contributed by atoms with Gasteiger partial charge >= 0.3 is 5.97 Å². The lowest BCUT2D eigenvalue weighted by molar-refractivity contribution is -0.120. The summed E-state index contributed by atoms with van der Waals surface area (Å²) in [6.45, 7) is 3.97. The average Bonchev–Trinajstić information content (AvgIpc) is 2.25. The van der Waals surface area contributed by atoms with E-state index in [0.717, 1.165) is 11.1 Å². The molecule has 2 N–H and O–H groups in total. The van der Waals surface area contributed by atoms with E-state index in [1.165, 1.54) is 0 Å². The van der Waals surface area contributed by atoms with E-state index in [2.05, 4.69) is 5.32 Å². The van der Waals surface area contributed by atoms with E-state index in [1.807, 2.05) is 13.0 Å². The van der Waals surface area contributed by atoms with Crippen LogP contribution >= 0.6 is 0 Å². The topological polar surface area (TPSA) is 66.4 Å². The second-order valence-electron chi connectivity index (χ2n) is 3.64. The molecule has 86 valence electrons. The molecule has 0 fully saturated rings. The molecule has 1 amide bonds. The predicted octanol–water partition coefficient (Wildman–Crippen LogP) is 1.72. The Labute approximate surface area is 94.3 Å². The van der Waals surface area contributed by atoms with Gasteiger partial charge in [-0.2, -0.15) is 0 Å². The Balaban J connectivity index is 2.80. The molecule has 0 bridgehead atoms. The molecule has 0 unspecified atom stereocenters. The second-order valence-corrected chi connectivity index (χ2v) is 3.64. The van der Waals surface area contributed by atoms with Gasteiger partial charge in [-0.3, -0.25) is 4.79 Å². The molecule has 1 aromatic rings. The van der Waals surface area contributed by atoms with Crippen LogP contribution in [0.2, 0.25) is 0 Å². The van der Waals surface area contributed by atoms with Crippen molar-refractivity contribution in [1.29, 1.82) is 0 Å². The number of hydrogen-bond donors (Lipinski definition) is 2. The number of carbonyl (C=O) groups excluding carboxylic acids is 1. The highest BCUT2D eigenvalue weighted by atomic mass is 16.4. The zero-order valence-electron chi connectivity index (χ0n) is 9.41. The maximum atomic E-state index is 11.1. The Bertz CT molecular complexity index is 413. The first-order valence-corrected chi connectivity index (χ1v) is 5.13. The Morgan fingerprint density at radius 1 is 1.31 bits per heavy atom. The summed E-state index contributed by atoms with van der Waals surface area (Å²) in [5.41, 5.74) is 1.93. The van der Waals surface area contributed by atoms with Crippen molar-refractivity contribution in [3.8, 4) is 0 Å². The zero-order chi connectivity index (χ0) is 12.1. The van der Waals surface area contributed by atoms with Crippen molar-refractivity contribution in [3.63, 3.8) is 0 Å². The molecular weight excluding hydrogens is 206 g/mol. The standard InChI is InChI=1S/C12H15NO3/c1-3-11(14)13-7-9-4-8(2)5-10(6-9)12(15)16/h4-6H,3,7H2,1-2H3,(H,13,14)(H,15,16). The second kappa shape index (κ2) is 5.30. The highest BCUT2D eigenvalue weighted by Gasteiger charge is 2.05. The number of carbonyl (C=O) groups is 2. The molecule has 0 heterocycles. The third-order valence-electron chi connectivity index (χ3n) is 2.19. The molecule has 0 spiro atoms. The molecular formula is C12H15NO3. The third kappa shape index (κ3) is 3.38. The minimum Gasteiger partial charge on any atom is -0.478 e. The average molecular weight is 221 g/mol. The molecule has 0 aromatic heterocycles. The van der Waals surface area contributed by atoms with Crippen LogP contribution in [0, 0.1) is 6.92 Å². The van der Waals surface area contributed by atoms with Crippen molar-refractivity contribution in [2.75, 3.05) is 0 Å². The summed E-state index contributed by atoms with van der Waals surface area (Å²) in [6.07, 6.45) is 0.428. The van der Waals surface area contributed by atoms with Crippen molar-refractivity contribution in [1.82, 2.24) is 5.32 Å². The maximum absolute atomic E-state index is 11.1. The van der Waals surface area contributed by atoms with Crippen LogP contribution in [-0.4, -0.2) is 17.0 Å². The molecule has 0 aliphatic heterocycles. The Morgan fingerprint density at radius 3 is 2.56 bits per heavy atom. The van der Waals surface area contributed by atoms with E-state index < -0.39 is 5.97 Å². The van der Waals surface area contributed by atoms with Crippen LogP contribution in [0.15, 0.2) is 18.2 Å². The maximum Gasteiger partial charge on any atom is 0.335 e. The molecule has 4 heteroatoms. The number of amides is 1. The molecule has 4 nitrogen and oxygen atoms in total. The summed E-state index contributed by atoms with van der Waals surface area (Å²) in [5.74, 6) is -0.995. The van der Waals surface area contributed by atoms with Crippen molar-refractivity contribution in [3.05, 3.63) is 34.9 Å². The largest absolute Gasteiger partial charge is 0.478 e. The van der Waals surface area contributed by atoms with E-state index >= 15 is 0 Å². The van der Waals surface area contributed by atoms with E-state index in [4.69, 9.17) is 5.11 Å². The van der Waals surface area contributed by atoms with E-state index in [0.29, 0.717) is 13.0 Å². The van der Waals surface area contributed by atoms with Gasteiger partial charge in [-0.1, -0.05) is 13.0 Å². The van der Waals surface area contributed by atoms with Crippen molar-refractivity contribution < 1.29 is 14.7 Å². The van der Waals surface area contributed by atoms with Crippen LogP contribution in [0.5, 0.6) is 0 Å². The van der Waals surface area contributed by atoms with Gasteiger partial charge in [0.05, 0.1) is 5.56 Å². The van der Waals surface area contributed by atoms with Crippen LogP contribution < -0.4 is 5.32 Å². The summed E-state index contributed by atoms with van der Waals surface area (Å²) in [4.78, 5) is 21.9. The van der Waals surface area contributed by atoms with E-state index in [1.54, 1.807) is 19.1 Å². The van der Waals surface area contributed by atoms with Crippen molar-refractivity contribution in [2.45, 2.75) is 26.8 Å². The molecule has 0 radical (unpaired) electrons. The Hall–Kier alpha value is -1.84. The number of nitrogens with one attached hydrogen (secondary N) is 1. The predicted molar refractivity (Wildman–Crippen MR) is 60.3 cm³/mol. The lowest BCUT2D eigenvalue weighted by Crippen LogP contribution is -2.21. The van der Waals surface area contributed by atoms with E-state index in [-0.39, 0.29) is 11.5 Å². The van der Waals surface area contributed by atoms with Crippen LogP contribution in [0.3, 0.4) is 0 Å². The number of aryl methyl sites for hydroxylation is 1. The third-order valence-corrected chi connectivity index (χ3v) is 2.19.